The van der Waals surface area contributed by atoms with Crippen molar-refractivity contribution in [2.75, 3.05) is 13.1 Å². The van der Waals surface area contributed by atoms with Gasteiger partial charge in [0.05, 0.1) is 0 Å². The second-order valence-electron chi connectivity index (χ2n) is 6.82. The molecule has 1 heterocycles. The summed E-state index contributed by atoms with van der Waals surface area (Å²) in [4.78, 5) is 2.74. The fraction of sp³-hybridized carbons (Fsp3) is 1.00. The van der Waals surface area contributed by atoms with Crippen LogP contribution in [0.5, 0.6) is 0 Å². The van der Waals surface area contributed by atoms with Gasteiger partial charge in [0.2, 0.25) is 0 Å². The topological polar surface area (TPSA) is 29.3 Å². The maximum Gasteiger partial charge on any atom is 0.0179 e. The Hall–Kier alpha value is -0.0800. The number of fused-ring (bicyclic) bond motifs is 1. The third-order valence-electron chi connectivity index (χ3n) is 5.60. The summed E-state index contributed by atoms with van der Waals surface area (Å²) in [5.74, 6) is 1.66. The van der Waals surface area contributed by atoms with Gasteiger partial charge in [-0.1, -0.05) is 46.0 Å². The van der Waals surface area contributed by atoms with Crippen LogP contribution in [0, 0.1) is 11.8 Å². The number of nitrogens with zero attached hydrogens (tertiary/aromatic N) is 1. The fourth-order valence-electron chi connectivity index (χ4n) is 3.68. The Kier molecular flexibility index (Phi) is 4.71. The second-order valence-corrected chi connectivity index (χ2v) is 6.82. The maximum absolute atomic E-state index is 6.05. The summed E-state index contributed by atoms with van der Waals surface area (Å²) in [6.45, 7) is 9.66. The molecular weight excluding hydrogens is 220 g/mol. The van der Waals surface area contributed by atoms with Crippen LogP contribution >= 0.6 is 0 Å². The minimum absolute atomic E-state index is 0.444. The van der Waals surface area contributed by atoms with Crippen molar-refractivity contribution in [1.82, 2.24) is 4.90 Å². The van der Waals surface area contributed by atoms with E-state index in [0.717, 1.165) is 11.8 Å². The van der Waals surface area contributed by atoms with E-state index in [0.29, 0.717) is 11.6 Å². The predicted molar refractivity (Wildman–Crippen MR) is 78.6 cm³/mol. The van der Waals surface area contributed by atoms with Crippen molar-refractivity contribution in [3.8, 4) is 0 Å². The van der Waals surface area contributed by atoms with Crippen LogP contribution in [-0.4, -0.2) is 29.6 Å². The van der Waals surface area contributed by atoms with Crippen LogP contribution in [0.15, 0.2) is 0 Å². The third kappa shape index (κ3) is 2.91. The van der Waals surface area contributed by atoms with Crippen LogP contribution in [0.4, 0.5) is 0 Å². The summed E-state index contributed by atoms with van der Waals surface area (Å²) < 4.78 is 0. The molecule has 1 aliphatic heterocycles. The molecule has 1 saturated carbocycles. The number of hydrogen-bond acceptors (Lipinski definition) is 2. The fourth-order valence-corrected chi connectivity index (χ4v) is 3.68. The van der Waals surface area contributed by atoms with Crippen molar-refractivity contribution >= 4 is 0 Å². The van der Waals surface area contributed by atoms with Gasteiger partial charge in [-0.25, -0.2) is 0 Å². The van der Waals surface area contributed by atoms with Gasteiger partial charge in [0.1, 0.15) is 0 Å². The smallest absolute Gasteiger partial charge is 0.0179 e. The highest BCUT2D eigenvalue weighted by atomic mass is 15.3. The minimum Gasteiger partial charge on any atom is -0.327 e. The highest BCUT2D eigenvalue weighted by Crippen LogP contribution is 2.47. The quantitative estimate of drug-likeness (QED) is 0.671. The van der Waals surface area contributed by atoms with Gasteiger partial charge in [-0.15, -0.1) is 0 Å². The lowest BCUT2D eigenvalue weighted by Crippen LogP contribution is -2.46. The van der Waals surface area contributed by atoms with Crippen LogP contribution in [0.1, 0.15) is 65.7 Å². The first kappa shape index (κ1) is 14.3. The van der Waals surface area contributed by atoms with Crippen molar-refractivity contribution in [2.45, 2.75) is 77.3 Å². The summed E-state index contributed by atoms with van der Waals surface area (Å²) in [7, 11) is 0. The molecule has 18 heavy (non-hydrogen) atoms. The molecule has 1 aliphatic carbocycles. The van der Waals surface area contributed by atoms with Crippen molar-refractivity contribution in [1.29, 1.82) is 0 Å². The van der Waals surface area contributed by atoms with Gasteiger partial charge in [0.25, 0.3) is 0 Å². The summed E-state index contributed by atoms with van der Waals surface area (Å²) in [5, 5.41) is 0. The monoisotopic (exact) mass is 252 g/mol. The molecule has 106 valence electrons. The Morgan fingerprint density at radius 2 is 1.67 bits per heavy atom. The van der Waals surface area contributed by atoms with Crippen LogP contribution in [0.3, 0.4) is 0 Å². The van der Waals surface area contributed by atoms with Crippen LogP contribution in [0.25, 0.3) is 0 Å². The molecule has 0 aromatic heterocycles. The molecular formula is C16H32N2. The normalized spacial score (nSPS) is 34.3. The SMILES string of the molecule is CCCCCCCC(C)(CC)N1CC2C(N)C2C1. The van der Waals surface area contributed by atoms with Crippen molar-refractivity contribution in [2.24, 2.45) is 17.6 Å². The molecule has 2 rings (SSSR count). The van der Waals surface area contributed by atoms with Gasteiger partial charge in [-0.05, 0) is 31.6 Å². The predicted octanol–water partition coefficient (Wildman–Crippen LogP) is 3.40. The zero-order valence-electron chi connectivity index (χ0n) is 12.6. The number of unbranched alkanes of at least 4 members (excludes halogenated alkanes) is 4. The lowest BCUT2D eigenvalue weighted by molar-refractivity contribution is 0.0996. The number of rotatable bonds is 8. The van der Waals surface area contributed by atoms with Crippen molar-refractivity contribution in [3.63, 3.8) is 0 Å². The molecule has 1 saturated heterocycles. The summed E-state index contributed by atoms with van der Waals surface area (Å²) in [6.07, 6.45) is 9.67. The van der Waals surface area contributed by atoms with Gasteiger partial charge in [-0.2, -0.15) is 0 Å². The Morgan fingerprint density at radius 3 is 2.22 bits per heavy atom. The molecule has 2 aliphatic rings. The van der Waals surface area contributed by atoms with E-state index in [1.165, 1.54) is 58.0 Å². The summed E-state index contributed by atoms with van der Waals surface area (Å²) in [5.41, 5.74) is 6.49. The van der Waals surface area contributed by atoms with Gasteiger partial charge in [0.15, 0.2) is 0 Å². The van der Waals surface area contributed by atoms with E-state index in [-0.39, 0.29) is 0 Å². The van der Waals surface area contributed by atoms with Crippen molar-refractivity contribution < 1.29 is 0 Å². The zero-order valence-corrected chi connectivity index (χ0v) is 12.6. The first-order valence-electron chi connectivity index (χ1n) is 8.13. The highest BCUT2D eigenvalue weighted by molar-refractivity contribution is 5.11. The molecule has 2 heteroatoms. The second kappa shape index (κ2) is 5.92. The van der Waals surface area contributed by atoms with Crippen molar-refractivity contribution in [3.05, 3.63) is 0 Å². The van der Waals surface area contributed by atoms with E-state index in [1.54, 1.807) is 0 Å². The summed E-state index contributed by atoms with van der Waals surface area (Å²) in [6, 6.07) is 0.534. The molecule has 0 radical (unpaired) electrons. The number of hydrogen-bond donors (Lipinski definition) is 1. The molecule has 3 atom stereocenters. The lowest BCUT2D eigenvalue weighted by Gasteiger charge is -2.40. The average Bonchev–Trinajstić information content (AvgIpc) is 2.82. The van der Waals surface area contributed by atoms with Crippen LogP contribution in [0.2, 0.25) is 0 Å². The van der Waals surface area contributed by atoms with E-state index in [1.807, 2.05) is 0 Å². The number of nitrogens with two attached hydrogens (primary N) is 1. The molecule has 0 bridgehead atoms. The Morgan fingerprint density at radius 1 is 1.06 bits per heavy atom. The number of piperidine rings is 1. The molecule has 0 aromatic rings. The van der Waals surface area contributed by atoms with Gasteiger partial charge in [-0.3, -0.25) is 4.90 Å². The Labute approximate surface area is 113 Å². The first-order chi connectivity index (χ1) is 8.62. The zero-order chi connectivity index (χ0) is 13.2. The van der Waals surface area contributed by atoms with E-state index in [4.69, 9.17) is 5.73 Å². The van der Waals surface area contributed by atoms with Crippen LogP contribution < -0.4 is 5.73 Å². The first-order valence-corrected chi connectivity index (χ1v) is 8.13. The van der Waals surface area contributed by atoms with E-state index in [2.05, 4.69) is 25.7 Å². The molecule has 2 N–H and O–H groups in total. The number of likely N-dealkylation sites (tertiary alicyclic amines) is 1. The lowest BCUT2D eigenvalue weighted by atomic mass is 9.89. The Balaban J connectivity index is 1.72. The van der Waals surface area contributed by atoms with Gasteiger partial charge < -0.3 is 5.73 Å². The largest absolute Gasteiger partial charge is 0.327 e. The maximum atomic E-state index is 6.05. The van der Waals surface area contributed by atoms with Crippen LogP contribution in [-0.2, 0) is 0 Å². The van der Waals surface area contributed by atoms with E-state index in [9.17, 15) is 0 Å². The van der Waals surface area contributed by atoms with Gasteiger partial charge in [0, 0.05) is 24.7 Å². The standard InChI is InChI=1S/C16H32N2/c1-4-6-7-8-9-10-16(3,5-2)18-11-13-14(12-18)15(13)17/h13-15H,4-12,17H2,1-3H3. The van der Waals surface area contributed by atoms with E-state index < -0.39 is 0 Å². The van der Waals surface area contributed by atoms with Gasteiger partial charge >= 0.3 is 0 Å². The molecule has 2 nitrogen and oxygen atoms in total. The molecule has 2 fully saturated rings. The molecule has 0 amide bonds. The average molecular weight is 252 g/mol. The molecule has 0 aromatic carbocycles. The van der Waals surface area contributed by atoms with E-state index >= 15 is 0 Å². The highest BCUT2D eigenvalue weighted by Gasteiger charge is 2.55. The Bertz CT molecular complexity index is 254. The summed E-state index contributed by atoms with van der Waals surface area (Å²) >= 11 is 0. The molecule has 0 spiro atoms. The minimum atomic E-state index is 0.444. The molecule has 3 unspecified atom stereocenters. The third-order valence-corrected chi connectivity index (χ3v) is 5.60.